The molecule has 0 fully saturated rings. The summed E-state index contributed by atoms with van der Waals surface area (Å²) in [6.45, 7) is 6.26. The van der Waals surface area contributed by atoms with Gasteiger partial charge in [-0.2, -0.15) is 8.42 Å². The fourth-order valence-corrected chi connectivity index (χ4v) is 3.32. The van der Waals surface area contributed by atoms with Gasteiger partial charge in [0.25, 0.3) is 0 Å². The van der Waals surface area contributed by atoms with E-state index in [4.69, 9.17) is 0 Å². The molecule has 2 nitrogen and oxygen atoms in total. The minimum atomic E-state index is -4.71. The van der Waals surface area contributed by atoms with Crippen molar-refractivity contribution >= 4 is 34.2 Å². The van der Waals surface area contributed by atoms with Crippen molar-refractivity contribution in [1.82, 2.24) is 0 Å². The van der Waals surface area contributed by atoms with Crippen LogP contribution in [0.4, 0.5) is 3.89 Å². The maximum Gasteiger partial charge on any atom is 0.332 e. The minimum Gasteiger partial charge on any atom is -0.189 e. The molecule has 6 heteroatoms. The van der Waals surface area contributed by atoms with Crippen LogP contribution in [0.25, 0.3) is 0 Å². The van der Waals surface area contributed by atoms with Crippen LogP contribution in [0, 0.1) is 11.5 Å². The number of alkyl halides is 1. The molecule has 0 spiro atoms. The SMILES string of the molecule is C[Si](C)(C)C#Cc1cccc(S(=O)(=O)F)c1CBr. The van der Waals surface area contributed by atoms with Crippen LogP contribution in [-0.2, 0) is 15.6 Å². The van der Waals surface area contributed by atoms with E-state index in [-0.39, 0.29) is 10.2 Å². The van der Waals surface area contributed by atoms with E-state index in [1.807, 2.05) is 0 Å². The van der Waals surface area contributed by atoms with Crippen LogP contribution in [0.1, 0.15) is 11.1 Å². The molecular formula is C12H14BrFO2SSi. The lowest BCUT2D eigenvalue weighted by molar-refractivity contribution is 0.551. The summed E-state index contributed by atoms with van der Waals surface area (Å²) >= 11 is 3.18. The van der Waals surface area contributed by atoms with Crippen molar-refractivity contribution in [3.63, 3.8) is 0 Å². The monoisotopic (exact) mass is 348 g/mol. The standard InChI is InChI=1S/C12H14BrFO2SSi/c1-18(2,3)8-7-10-5-4-6-12(11(10)9-13)17(14,15)16/h4-6H,9H2,1-3H3. The van der Waals surface area contributed by atoms with Gasteiger partial charge in [-0.15, -0.1) is 9.43 Å². The molecule has 0 aromatic heterocycles. The smallest absolute Gasteiger partial charge is 0.189 e. The van der Waals surface area contributed by atoms with Crippen LogP contribution in [0.15, 0.2) is 23.1 Å². The lowest BCUT2D eigenvalue weighted by Crippen LogP contribution is -2.16. The van der Waals surface area contributed by atoms with Crippen LogP contribution in [0.5, 0.6) is 0 Å². The zero-order valence-corrected chi connectivity index (χ0v) is 13.8. The predicted molar refractivity (Wildman–Crippen MR) is 77.6 cm³/mol. The Balaban J connectivity index is 3.43. The number of hydrogen-bond donors (Lipinski definition) is 0. The average molecular weight is 349 g/mol. The molecule has 1 aromatic carbocycles. The first-order valence-electron chi connectivity index (χ1n) is 5.31. The molecule has 0 unspecified atom stereocenters. The molecule has 0 radical (unpaired) electrons. The Kier molecular flexibility index (Phi) is 4.76. The van der Waals surface area contributed by atoms with E-state index in [1.165, 1.54) is 12.1 Å². The molecule has 1 rings (SSSR count). The number of benzene rings is 1. The lowest BCUT2D eigenvalue weighted by atomic mass is 10.1. The Morgan fingerprint density at radius 2 is 1.94 bits per heavy atom. The maximum absolute atomic E-state index is 13.1. The van der Waals surface area contributed by atoms with Crippen molar-refractivity contribution in [2.24, 2.45) is 0 Å². The topological polar surface area (TPSA) is 34.1 Å². The Morgan fingerprint density at radius 3 is 2.39 bits per heavy atom. The van der Waals surface area contributed by atoms with E-state index in [2.05, 4.69) is 47.0 Å². The van der Waals surface area contributed by atoms with Gasteiger partial charge in [-0.05, 0) is 17.7 Å². The molecule has 0 saturated heterocycles. The average Bonchev–Trinajstić information content (AvgIpc) is 2.23. The van der Waals surface area contributed by atoms with Crippen molar-refractivity contribution in [2.75, 3.05) is 0 Å². The molecule has 0 bridgehead atoms. The van der Waals surface area contributed by atoms with Gasteiger partial charge in [0.05, 0.1) is 0 Å². The quantitative estimate of drug-likeness (QED) is 0.355. The van der Waals surface area contributed by atoms with Crippen molar-refractivity contribution in [3.05, 3.63) is 29.3 Å². The van der Waals surface area contributed by atoms with Gasteiger partial charge in [0.2, 0.25) is 0 Å². The largest absolute Gasteiger partial charge is 0.332 e. The second kappa shape index (κ2) is 5.55. The van der Waals surface area contributed by atoms with Crippen LogP contribution < -0.4 is 0 Å². The molecule has 18 heavy (non-hydrogen) atoms. The van der Waals surface area contributed by atoms with E-state index in [0.717, 1.165) is 0 Å². The van der Waals surface area contributed by atoms with E-state index >= 15 is 0 Å². The molecule has 0 aliphatic carbocycles. The van der Waals surface area contributed by atoms with Crippen molar-refractivity contribution < 1.29 is 12.3 Å². The minimum absolute atomic E-state index is 0.252. The summed E-state index contributed by atoms with van der Waals surface area (Å²) in [5, 5.41) is 0.252. The molecule has 0 amide bonds. The van der Waals surface area contributed by atoms with Gasteiger partial charge in [-0.3, -0.25) is 0 Å². The molecule has 98 valence electrons. The summed E-state index contributed by atoms with van der Waals surface area (Å²) < 4.78 is 35.2. The summed E-state index contributed by atoms with van der Waals surface area (Å²) in [6.07, 6.45) is 0. The molecule has 0 atom stereocenters. The lowest BCUT2D eigenvalue weighted by Gasteiger charge is -2.07. The summed E-state index contributed by atoms with van der Waals surface area (Å²) in [5.41, 5.74) is 4.09. The first-order valence-corrected chi connectivity index (χ1v) is 11.3. The van der Waals surface area contributed by atoms with Gasteiger partial charge in [0, 0.05) is 10.9 Å². The van der Waals surface area contributed by atoms with E-state index in [1.54, 1.807) is 6.07 Å². The second-order valence-electron chi connectivity index (χ2n) is 4.85. The molecule has 0 aliphatic rings. The Labute approximate surface area is 117 Å². The van der Waals surface area contributed by atoms with Crippen LogP contribution in [-0.4, -0.2) is 16.5 Å². The normalized spacial score (nSPS) is 11.8. The zero-order chi connectivity index (χ0) is 14.0. The second-order valence-corrected chi connectivity index (χ2v) is 11.5. The number of hydrogen-bond acceptors (Lipinski definition) is 2. The number of halogens is 2. The van der Waals surface area contributed by atoms with Gasteiger partial charge in [-0.1, -0.05) is 47.6 Å². The highest BCUT2D eigenvalue weighted by atomic mass is 79.9. The third-order valence-corrected chi connectivity index (χ3v) is 4.45. The molecular weight excluding hydrogens is 335 g/mol. The van der Waals surface area contributed by atoms with Crippen LogP contribution >= 0.6 is 15.9 Å². The summed E-state index contributed by atoms with van der Waals surface area (Å²) in [4.78, 5) is -0.304. The maximum atomic E-state index is 13.1. The fourth-order valence-electron chi connectivity index (χ4n) is 1.30. The summed E-state index contributed by atoms with van der Waals surface area (Å²) in [7, 11) is -6.27. The van der Waals surface area contributed by atoms with Gasteiger partial charge in [0.15, 0.2) is 0 Å². The van der Waals surface area contributed by atoms with E-state index in [0.29, 0.717) is 11.1 Å². The fraction of sp³-hybridized carbons (Fsp3) is 0.333. The molecule has 0 heterocycles. The highest BCUT2D eigenvalue weighted by Crippen LogP contribution is 2.23. The highest BCUT2D eigenvalue weighted by molar-refractivity contribution is 9.08. The van der Waals surface area contributed by atoms with Gasteiger partial charge >= 0.3 is 10.2 Å². The predicted octanol–water partition coefficient (Wildman–Crippen LogP) is 3.47. The molecule has 0 N–H and O–H groups in total. The van der Waals surface area contributed by atoms with E-state index in [9.17, 15) is 12.3 Å². The van der Waals surface area contributed by atoms with Gasteiger partial charge in [0.1, 0.15) is 13.0 Å². The van der Waals surface area contributed by atoms with Crippen LogP contribution in [0.3, 0.4) is 0 Å². The van der Waals surface area contributed by atoms with Gasteiger partial charge < -0.3 is 0 Å². The van der Waals surface area contributed by atoms with E-state index < -0.39 is 18.3 Å². The third kappa shape index (κ3) is 4.23. The molecule has 0 aliphatic heterocycles. The van der Waals surface area contributed by atoms with Crippen molar-refractivity contribution in [3.8, 4) is 11.5 Å². The van der Waals surface area contributed by atoms with Crippen LogP contribution in [0.2, 0.25) is 19.6 Å². The molecule has 0 saturated carbocycles. The highest BCUT2D eigenvalue weighted by Gasteiger charge is 2.18. The van der Waals surface area contributed by atoms with Crippen molar-refractivity contribution in [2.45, 2.75) is 29.9 Å². The summed E-state index contributed by atoms with van der Waals surface area (Å²) in [6, 6.07) is 4.47. The Hall–Kier alpha value is -0.643. The molecule has 1 aromatic rings. The zero-order valence-electron chi connectivity index (χ0n) is 10.4. The third-order valence-electron chi connectivity index (χ3n) is 2.10. The first kappa shape index (κ1) is 15.4. The van der Waals surface area contributed by atoms with Crippen molar-refractivity contribution in [1.29, 1.82) is 0 Å². The Morgan fingerprint density at radius 1 is 1.33 bits per heavy atom. The number of rotatable bonds is 2. The summed E-state index contributed by atoms with van der Waals surface area (Å²) in [5.74, 6) is 2.97. The Bertz CT molecular complexity index is 609. The first-order chi connectivity index (χ1) is 8.15. The van der Waals surface area contributed by atoms with Gasteiger partial charge in [-0.25, -0.2) is 0 Å².